The third-order valence-electron chi connectivity index (χ3n) is 5.70. The molecule has 0 spiro atoms. The largest absolute Gasteiger partial charge is 0.333 e. The zero-order valence-corrected chi connectivity index (χ0v) is 18.2. The number of fused-ring (bicyclic) bond motifs is 1. The van der Waals surface area contributed by atoms with Gasteiger partial charge in [-0.3, -0.25) is 14.2 Å². The van der Waals surface area contributed by atoms with Crippen molar-refractivity contribution in [2.45, 2.75) is 32.4 Å². The van der Waals surface area contributed by atoms with Crippen LogP contribution in [0.15, 0.2) is 59.0 Å². The minimum absolute atomic E-state index is 0.0229. The van der Waals surface area contributed by atoms with Crippen LogP contribution in [0.5, 0.6) is 0 Å². The number of aryl methyl sites for hydroxylation is 1. The van der Waals surface area contributed by atoms with Gasteiger partial charge in [0.2, 0.25) is 5.91 Å². The van der Waals surface area contributed by atoms with Gasteiger partial charge in [0.1, 0.15) is 11.4 Å². The highest BCUT2D eigenvalue weighted by atomic mass is 32.1. The summed E-state index contributed by atoms with van der Waals surface area (Å²) >= 11 is 3.21. The van der Waals surface area contributed by atoms with Crippen molar-refractivity contribution in [2.24, 2.45) is 0 Å². The van der Waals surface area contributed by atoms with Crippen LogP contribution >= 0.6 is 22.7 Å². The Morgan fingerprint density at radius 3 is 2.80 bits per heavy atom. The number of hydrogen-bond acceptors (Lipinski definition) is 5. The molecule has 0 saturated carbocycles. The Hall–Kier alpha value is -2.77. The van der Waals surface area contributed by atoms with Gasteiger partial charge in [-0.1, -0.05) is 36.4 Å². The van der Waals surface area contributed by atoms with E-state index in [0.29, 0.717) is 5.39 Å². The smallest absolute Gasteiger partial charge is 0.262 e. The van der Waals surface area contributed by atoms with Gasteiger partial charge in [-0.15, -0.1) is 22.7 Å². The third kappa shape index (κ3) is 3.28. The molecule has 30 heavy (non-hydrogen) atoms. The summed E-state index contributed by atoms with van der Waals surface area (Å²) in [6.45, 7) is 2.73. The number of hydrogen-bond donors (Lipinski definition) is 0. The Morgan fingerprint density at radius 1 is 1.20 bits per heavy atom. The number of amides is 1. The molecule has 3 aromatic heterocycles. The van der Waals surface area contributed by atoms with Crippen molar-refractivity contribution in [1.29, 1.82) is 0 Å². The second-order valence-electron chi connectivity index (χ2n) is 7.54. The third-order valence-corrected chi connectivity index (χ3v) is 7.93. The quantitative estimate of drug-likeness (QED) is 0.460. The predicted octanol–water partition coefficient (Wildman–Crippen LogP) is 4.86. The molecule has 4 aromatic rings. The van der Waals surface area contributed by atoms with Gasteiger partial charge in [0.25, 0.3) is 5.56 Å². The van der Waals surface area contributed by atoms with Crippen molar-refractivity contribution in [2.75, 3.05) is 6.54 Å². The second-order valence-corrected chi connectivity index (χ2v) is 9.52. The molecule has 0 unspecified atom stereocenters. The van der Waals surface area contributed by atoms with Crippen LogP contribution < -0.4 is 5.56 Å². The molecule has 1 amide bonds. The number of carbonyl (C=O) groups excluding carboxylic acids is 1. The van der Waals surface area contributed by atoms with Crippen molar-refractivity contribution < 1.29 is 4.79 Å². The Bertz CT molecular complexity index is 1260. The van der Waals surface area contributed by atoms with Crippen LogP contribution in [-0.2, 0) is 11.3 Å². The fourth-order valence-corrected chi connectivity index (χ4v) is 6.23. The van der Waals surface area contributed by atoms with Gasteiger partial charge in [-0.05, 0) is 42.3 Å². The van der Waals surface area contributed by atoms with E-state index in [9.17, 15) is 9.59 Å². The van der Waals surface area contributed by atoms with Gasteiger partial charge >= 0.3 is 0 Å². The minimum atomic E-state index is -0.142. The lowest BCUT2D eigenvalue weighted by molar-refractivity contribution is -0.132. The molecule has 1 atom stereocenters. The fourth-order valence-electron chi connectivity index (χ4n) is 4.22. The van der Waals surface area contributed by atoms with Gasteiger partial charge in [0.15, 0.2) is 0 Å². The SMILES string of the molecule is Cc1c(-c2ccccc2)sc2ncn(CC(=O)N3CCC[C@H]3c3cccs3)c(=O)c12. The molecule has 0 bridgehead atoms. The monoisotopic (exact) mass is 435 g/mol. The Balaban J connectivity index is 1.47. The van der Waals surface area contributed by atoms with Gasteiger partial charge in [0, 0.05) is 16.3 Å². The van der Waals surface area contributed by atoms with Crippen LogP contribution in [0.2, 0.25) is 0 Å². The van der Waals surface area contributed by atoms with Crippen LogP contribution in [0.1, 0.15) is 29.3 Å². The number of carbonyl (C=O) groups is 1. The van der Waals surface area contributed by atoms with Crippen LogP contribution in [0, 0.1) is 6.92 Å². The van der Waals surface area contributed by atoms with E-state index in [2.05, 4.69) is 11.1 Å². The first kappa shape index (κ1) is 19.2. The molecule has 5 nitrogen and oxygen atoms in total. The maximum atomic E-state index is 13.2. The Labute approximate surface area is 182 Å². The lowest BCUT2D eigenvalue weighted by atomic mass is 10.1. The lowest BCUT2D eigenvalue weighted by Crippen LogP contribution is -2.36. The minimum Gasteiger partial charge on any atom is -0.333 e. The lowest BCUT2D eigenvalue weighted by Gasteiger charge is -2.24. The first-order valence-electron chi connectivity index (χ1n) is 10.0. The van der Waals surface area contributed by atoms with Crippen molar-refractivity contribution in [3.05, 3.63) is 75.0 Å². The van der Waals surface area contributed by atoms with E-state index in [1.807, 2.05) is 53.6 Å². The summed E-state index contributed by atoms with van der Waals surface area (Å²) in [6, 6.07) is 14.3. The highest BCUT2D eigenvalue weighted by molar-refractivity contribution is 7.22. The molecule has 7 heteroatoms. The summed E-state index contributed by atoms with van der Waals surface area (Å²) in [5.74, 6) is -0.0229. The number of likely N-dealkylation sites (tertiary alicyclic amines) is 1. The van der Waals surface area contributed by atoms with Crippen LogP contribution in [0.25, 0.3) is 20.7 Å². The summed E-state index contributed by atoms with van der Waals surface area (Å²) in [6.07, 6.45) is 3.48. The van der Waals surface area contributed by atoms with Gasteiger partial charge in [-0.25, -0.2) is 4.98 Å². The van der Waals surface area contributed by atoms with Crippen molar-refractivity contribution >= 4 is 38.8 Å². The van der Waals surface area contributed by atoms with Crippen LogP contribution in [-0.4, -0.2) is 26.9 Å². The van der Waals surface area contributed by atoms with Crippen molar-refractivity contribution in [3.8, 4) is 10.4 Å². The van der Waals surface area contributed by atoms with Crippen LogP contribution in [0.3, 0.4) is 0 Å². The number of nitrogens with zero attached hydrogens (tertiary/aromatic N) is 3. The van der Waals surface area contributed by atoms with E-state index in [1.54, 1.807) is 11.3 Å². The zero-order chi connectivity index (χ0) is 20.7. The first-order valence-corrected chi connectivity index (χ1v) is 11.7. The maximum Gasteiger partial charge on any atom is 0.262 e. The average molecular weight is 436 g/mol. The summed E-state index contributed by atoms with van der Waals surface area (Å²) in [4.78, 5) is 35.7. The highest BCUT2D eigenvalue weighted by Gasteiger charge is 2.30. The molecule has 0 radical (unpaired) electrons. The molecule has 5 rings (SSSR count). The van der Waals surface area contributed by atoms with E-state index in [1.165, 1.54) is 27.1 Å². The molecule has 0 aliphatic carbocycles. The van der Waals surface area contributed by atoms with E-state index in [0.717, 1.165) is 40.2 Å². The molecule has 1 aliphatic rings. The van der Waals surface area contributed by atoms with E-state index < -0.39 is 0 Å². The molecule has 1 saturated heterocycles. The molecular formula is C23H21N3O2S2. The van der Waals surface area contributed by atoms with Crippen LogP contribution in [0.4, 0.5) is 0 Å². The van der Waals surface area contributed by atoms with Gasteiger partial charge < -0.3 is 4.90 Å². The van der Waals surface area contributed by atoms with E-state index in [4.69, 9.17) is 0 Å². The predicted molar refractivity (Wildman–Crippen MR) is 122 cm³/mol. The van der Waals surface area contributed by atoms with E-state index in [-0.39, 0.29) is 24.1 Å². The van der Waals surface area contributed by atoms with Crippen molar-refractivity contribution in [1.82, 2.24) is 14.5 Å². The first-order chi connectivity index (χ1) is 14.6. The standard InChI is InChI=1S/C23H21N3O2S2/c1-15-20-22(30-21(15)16-7-3-2-4-8-16)24-14-25(23(20)28)13-19(27)26-11-5-9-17(26)18-10-6-12-29-18/h2-4,6-8,10,12,14,17H,5,9,11,13H2,1H3/t17-/m0/s1. The highest BCUT2D eigenvalue weighted by Crippen LogP contribution is 2.36. The number of thiophene rings is 2. The fraction of sp³-hybridized carbons (Fsp3) is 0.261. The normalized spacial score (nSPS) is 16.4. The summed E-state index contributed by atoms with van der Waals surface area (Å²) in [5.41, 5.74) is 1.87. The number of aromatic nitrogens is 2. The summed E-state index contributed by atoms with van der Waals surface area (Å²) in [5, 5.41) is 2.66. The summed E-state index contributed by atoms with van der Waals surface area (Å²) < 4.78 is 1.46. The Morgan fingerprint density at radius 2 is 2.03 bits per heavy atom. The number of rotatable bonds is 4. The van der Waals surface area contributed by atoms with Gasteiger partial charge in [-0.2, -0.15) is 0 Å². The molecule has 1 aromatic carbocycles. The van der Waals surface area contributed by atoms with Gasteiger partial charge in [0.05, 0.1) is 17.8 Å². The topological polar surface area (TPSA) is 55.2 Å². The molecule has 4 heterocycles. The van der Waals surface area contributed by atoms with Crippen molar-refractivity contribution in [3.63, 3.8) is 0 Å². The molecular weight excluding hydrogens is 414 g/mol. The summed E-state index contributed by atoms with van der Waals surface area (Å²) in [7, 11) is 0. The molecule has 1 aliphatic heterocycles. The second kappa shape index (κ2) is 7.81. The number of benzene rings is 1. The molecule has 0 N–H and O–H groups in total. The molecule has 152 valence electrons. The average Bonchev–Trinajstić information content (AvgIpc) is 3.50. The molecule has 1 fully saturated rings. The maximum absolute atomic E-state index is 13.2. The Kier molecular flexibility index (Phi) is 5.00. The van der Waals surface area contributed by atoms with E-state index >= 15 is 0 Å². The zero-order valence-electron chi connectivity index (χ0n) is 16.6.